The molecule has 28 heavy (non-hydrogen) atoms. The molecule has 0 aliphatic carbocycles. The number of hydrogen-bond acceptors (Lipinski definition) is 5. The zero-order valence-electron chi connectivity index (χ0n) is 15.6. The fraction of sp³-hybridized carbons (Fsp3) is 0.350. The molecule has 3 heterocycles. The van der Waals surface area contributed by atoms with Gasteiger partial charge in [-0.05, 0) is 49.6 Å². The Morgan fingerprint density at radius 1 is 1.21 bits per heavy atom. The van der Waals surface area contributed by atoms with Crippen LogP contribution in [0.5, 0.6) is 0 Å². The molecular weight excluding hydrogens is 441 g/mol. The lowest BCUT2D eigenvalue weighted by atomic mass is 10.1. The van der Waals surface area contributed by atoms with Crippen LogP contribution in [0.4, 0.5) is 4.39 Å². The van der Waals surface area contributed by atoms with E-state index in [1.807, 2.05) is 12.3 Å². The van der Waals surface area contributed by atoms with E-state index < -0.39 is 0 Å². The number of allylic oxidation sites excluding steroid dienone is 1. The van der Waals surface area contributed by atoms with E-state index in [1.54, 1.807) is 12.1 Å². The summed E-state index contributed by atoms with van der Waals surface area (Å²) < 4.78 is 15.4. The molecule has 0 saturated heterocycles. The number of hydrogen-bond donors (Lipinski definition) is 0. The lowest BCUT2D eigenvalue weighted by Crippen LogP contribution is -2.18. The summed E-state index contributed by atoms with van der Waals surface area (Å²) in [6, 6.07) is 8.81. The van der Waals surface area contributed by atoms with Crippen LogP contribution in [0.3, 0.4) is 0 Å². The molecule has 2 aliphatic heterocycles. The number of aromatic nitrogens is 3. The van der Waals surface area contributed by atoms with Crippen LogP contribution in [0, 0.1) is 17.1 Å². The number of nitriles is 1. The Kier molecular flexibility index (Phi) is 6.57. The maximum atomic E-state index is 13.3. The van der Waals surface area contributed by atoms with Gasteiger partial charge in [0.25, 0.3) is 0 Å². The van der Waals surface area contributed by atoms with Crippen molar-refractivity contribution in [2.75, 3.05) is 6.54 Å². The highest BCUT2D eigenvalue weighted by molar-refractivity contribution is 8.93. The van der Waals surface area contributed by atoms with Gasteiger partial charge in [-0.3, -0.25) is 0 Å². The fourth-order valence-electron chi connectivity index (χ4n) is 3.56. The predicted octanol–water partition coefficient (Wildman–Crippen LogP) is 4.98. The summed E-state index contributed by atoms with van der Waals surface area (Å²) in [6.45, 7) is 3.60. The quantitative estimate of drug-likeness (QED) is 0.603. The summed E-state index contributed by atoms with van der Waals surface area (Å²) in [5.41, 5.74) is 2.45. The second-order valence-electron chi connectivity index (χ2n) is 6.57. The highest BCUT2D eigenvalue weighted by atomic mass is 79.9. The average molecular weight is 462 g/mol. The summed E-state index contributed by atoms with van der Waals surface area (Å²) in [6.07, 6.45) is 4.27. The first-order valence-electron chi connectivity index (χ1n) is 9.20. The van der Waals surface area contributed by atoms with Gasteiger partial charge in [0, 0.05) is 24.9 Å². The topological polar surface area (TPSA) is 57.7 Å². The number of nitrogens with zero attached hydrogens (tertiary/aromatic N) is 5. The Balaban J connectivity index is 0.00000225. The van der Waals surface area contributed by atoms with Gasteiger partial charge >= 0.3 is 0 Å². The number of benzene rings is 1. The Hall–Kier alpha value is -2.11. The minimum absolute atomic E-state index is 0. The number of aryl methyl sites for hydroxylation is 1. The van der Waals surface area contributed by atoms with Gasteiger partial charge in [-0.2, -0.15) is 5.26 Å². The summed E-state index contributed by atoms with van der Waals surface area (Å²) in [7, 11) is 0. The molecule has 4 rings (SSSR count). The molecular formula is C20H21BrFN5S. The van der Waals surface area contributed by atoms with Crippen molar-refractivity contribution in [2.45, 2.75) is 39.2 Å². The zero-order valence-corrected chi connectivity index (χ0v) is 18.1. The molecule has 1 aromatic heterocycles. The molecule has 0 atom stereocenters. The smallest absolute Gasteiger partial charge is 0.177 e. The first-order chi connectivity index (χ1) is 13.2. The van der Waals surface area contributed by atoms with Crippen molar-refractivity contribution in [3.63, 3.8) is 0 Å². The van der Waals surface area contributed by atoms with Gasteiger partial charge in [-0.15, -0.1) is 27.2 Å². The highest BCUT2D eigenvalue weighted by Gasteiger charge is 2.28. The SMILES string of the molecule is Br.CCN1C(c2ccc(F)cc2)=CSC1=C(C#N)c1nnc2n1CCCCC2. The minimum Gasteiger partial charge on any atom is -0.334 e. The molecule has 0 fully saturated rings. The van der Waals surface area contributed by atoms with Gasteiger partial charge in [-0.1, -0.05) is 18.2 Å². The lowest BCUT2D eigenvalue weighted by Gasteiger charge is -2.23. The van der Waals surface area contributed by atoms with E-state index >= 15 is 0 Å². The van der Waals surface area contributed by atoms with Gasteiger partial charge in [0.05, 0.1) is 5.70 Å². The molecule has 1 aromatic carbocycles. The maximum absolute atomic E-state index is 13.3. The van der Waals surface area contributed by atoms with Crippen LogP contribution < -0.4 is 0 Å². The normalized spacial score (nSPS) is 17.9. The molecule has 0 unspecified atom stereocenters. The summed E-state index contributed by atoms with van der Waals surface area (Å²) in [4.78, 5) is 2.09. The predicted molar refractivity (Wildman–Crippen MR) is 115 cm³/mol. The van der Waals surface area contributed by atoms with Crippen molar-refractivity contribution in [2.24, 2.45) is 0 Å². The first-order valence-corrected chi connectivity index (χ1v) is 10.1. The number of thioether (sulfide) groups is 1. The molecule has 0 N–H and O–H groups in total. The molecule has 0 saturated carbocycles. The second kappa shape index (κ2) is 8.93. The zero-order chi connectivity index (χ0) is 18.8. The van der Waals surface area contributed by atoms with E-state index in [9.17, 15) is 9.65 Å². The van der Waals surface area contributed by atoms with Gasteiger partial charge in [0.2, 0.25) is 0 Å². The third kappa shape index (κ3) is 3.74. The standard InChI is InChI=1S/C20H20FN5S.BrH/c1-2-25-17(14-7-9-15(21)10-8-14)13-27-20(25)16(12-22)19-24-23-18-6-4-3-5-11-26(18)19;/h7-10,13H,2-6,11H2,1H3;1H. The Morgan fingerprint density at radius 3 is 2.71 bits per heavy atom. The molecule has 0 spiro atoms. The van der Waals surface area contributed by atoms with Crippen LogP contribution in [-0.4, -0.2) is 26.2 Å². The number of rotatable bonds is 3. The number of halogens is 2. The van der Waals surface area contributed by atoms with E-state index in [2.05, 4.69) is 25.7 Å². The van der Waals surface area contributed by atoms with Crippen LogP contribution in [0.15, 0.2) is 34.7 Å². The van der Waals surface area contributed by atoms with Crippen LogP contribution in [0.2, 0.25) is 0 Å². The van der Waals surface area contributed by atoms with Crippen LogP contribution in [-0.2, 0) is 13.0 Å². The van der Waals surface area contributed by atoms with Crippen molar-refractivity contribution in [3.05, 3.63) is 57.7 Å². The van der Waals surface area contributed by atoms with E-state index in [0.29, 0.717) is 17.9 Å². The third-order valence-electron chi connectivity index (χ3n) is 4.93. The molecule has 0 amide bonds. The van der Waals surface area contributed by atoms with Crippen LogP contribution >= 0.6 is 28.7 Å². The summed E-state index contributed by atoms with van der Waals surface area (Å²) in [5, 5.41) is 21.5. The van der Waals surface area contributed by atoms with Gasteiger partial charge in [-0.25, -0.2) is 4.39 Å². The molecule has 0 bridgehead atoms. The van der Waals surface area contributed by atoms with Crippen molar-refractivity contribution in [3.8, 4) is 6.07 Å². The molecule has 8 heteroatoms. The molecule has 0 radical (unpaired) electrons. The van der Waals surface area contributed by atoms with Crippen LogP contribution in [0.25, 0.3) is 11.3 Å². The largest absolute Gasteiger partial charge is 0.334 e. The summed E-state index contributed by atoms with van der Waals surface area (Å²) in [5.74, 6) is 1.37. The van der Waals surface area contributed by atoms with E-state index in [4.69, 9.17) is 0 Å². The minimum atomic E-state index is -0.257. The second-order valence-corrected chi connectivity index (χ2v) is 7.42. The van der Waals surface area contributed by atoms with Crippen LogP contribution in [0.1, 0.15) is 43.4 Å². The Morgan fingerprint density at radius 2 is 2.00 bits per heavy atom. The number of fused-ring (bicyclic) bond motifs is 1. The van der Waals surface area contributed by atoms with Crippen molar-refractivity contribution in [1.29, 1.82) is 5.26 Å². The first kappa shape index (κ1) is 20.6. The molecule has 2 aliphatic rings. The lowest BCUT2D eigenvalue weighted by molar-refractivity contribution is 0.556. The Labute approximate surface area is 178 Å². The fourth-order valence-corrected chi connectivity index (χ4v) is 4.66. The van der Waals surface area contributed by atoms with Gasteiger partial charge < -0.3 is 9.47 Å². The van der Waals surface area contributed by atoms with E-state index in [-0.39, 0.29) is 22.8 Å². The van der Waals surface area contributed by atoms with E-state index in [0.717, 1.165) is 47.9 Å². The monoisotopic (exact) mass is 461 g/mol. The van der Waals surface area contributed by atoms with E-state index in [1.165, 1.54) is 30.3 Å². The maximum Gasteiger partial charge on any atom is 0.177 e. The third-order valence-corrected chi connectivity index (χ3v) is 5.92. The Bertz CT molecular complexity index is 958. The highest BCUT2D eigenvalue weighted by Crippen LogP contribution is 2.43. The average Bonchev–Trinajstić information content (AvgIpc) is 3.20. The molecule has 5 nitrogen and oxygen atoms in total. The van der Waals surface area contributed by atoms with Crippen molar-refractivity contribution < 1.29 is 4.39 Å². The van der Waals surface area contributed by atoms with Gasteiger partial charge in [0.1, 0.15) is 28.3 Å². The van der Waals surface area contributed by atoms with Crippen molar-refractivity contribution in [1.82, 2.24) is 19.7 Å². The van der Waals surface area contributed by atoms with Crippen molar-refractivity contribution >= 4 is 40.0 Å². The molecule has 2 aromatic rings. The summed E-state index contributed by atoms with van der Waals surface area (Å²) >= 11 is 1.52. The van der Waals surface area contributed by atoms with Gasteiger partial charge in [0.15, 0.2) is 5.82 Å². The molecule has 146 valence electrons.